The zero-order chi connectivity index (χ0) is 11.4. The van der Waals surface area contributed by atoms with Crippen molar-refractivity contribution in [1.29, 1.82) is 0 Å². The number of ether oxygens (including phenoxy) is 1. The number of carbonyl (C=O) groups is 1. The van der Waals surface area contributed by atoms with E-state index in [2.05, 4.69) is 15.9 Å². The maximum absolute atomic E-state index is 13.4. The smallest absolute Gasteiger partial charge is 0.168 e. The Morgan fingerprint density at radius 2 is 2.27 bits per heavy atom. The molecule has 2 N–H and O–H groups in total. The Morgan fingerprint density at radius 1 is 1.60 bits per heavy atom. The predicted molar refractivity (Wildman–Crippen MR) is 58.7 cm³/mol. The Labute approximate surface area is 95.5 Å². The summed E-state index contributed by atoms with van der Waals surface area (Å²) in [5.41, 5.74) is 5.48. The van der Waals surface area contributed by atoms with Crippen molar-refractivity contribution in [3.63, 3.8) is 0 Å². The van der Waals surface area contributed by atoms with E-state index in [-0.39, 0.29) is 30.1 Å². The Hall–Kier alpha value is -0.940. The molecule has 0 saturated carbocycles. The van der Waals surface area contributed by atoms with E-state index in [1.807, 2.05) is 0 Å². The van der Waals surface area contributed by atoms with Crippen molar-refractivity contribution < 1.29 is 13.9 Å². The van der Waals surface area contributed by atoms with Crippen LogP contribution in [0.2, 0.25) is 0 Å². The van der Waals surface area contributed by atoms with E-state index in [0.29, 0.717) is 4.47 Å². The standard InChI is InChI=1S/C10H11BrFNO2/c1-15-10-7(9(14)2-3-13)4-6(11)5-8(10)12/h4-5H,2-3,13H2,1H3. The number of nitrogens with two attached hydrogens (primary N) is 1. The van der Waals surface area contributed by atoms with Gasteiger partial charge in [0, 0.05) is 10.9 Å². The summed E-state index contributed by atoms with van der Waals surface area (Å²) in [4.78, 5) is 11.6. The Morgan fingerprint density at radius 3 is 2.80 bits per heavy atom. The van der Waals surface area contributed by atoms with Crippen molar-refractivity contribution in [2.45, 2.75) is 6.42 Å². The van der Waals surface area contributed by atoms with Crippen LogP contribution in [0.1, 0.15) is 16.8 Å². The Kier molecular flexibility index (Phi) is 4.23. The van der Waals surface area contributed by atoms with E-state index in [0.717, 1.165) is 0 Å². The second kappa shape index (κ2) is 5.23. The van der Waals surface area contributed by atoms with Gasteiger partial charge in [-0.3, -0.25) is 4.79 Å². The van der Waals surface area contributed by atoms with Crippen LogP contribution in [0.3, 0.4) is 0 Å². The number of hydrogen-bond acceptors (Lipinski definition) is 3. The maximum atomic E-state index is 13.4. The Balaban J connectivity index is 3.20. The number of methoxy groups -OCH3 is 1. The van der Waals surface area contributed by atoms with Gasteiger partial charge in [-0.15, -0.1) is 0 Å². The van der Waals surface area contributed by atoms with Gasteiger partial charge in [-0.05, 0) is 18.7 Å². The molecule has 0 aliphatic carbocycles. The molecule has 0 amide bonds. The second-order valence-electron chi connectivity index (χ2n) is 2.93. The monoisotopic (exact) mass is 275 g/mol. The molecule has 0 fully saturated rings. The number of benzene rings is 1. The molecule has 0 aliphatic rings. The lowest BCUT2D eigenvalue weighted by molar-refractivity contribution is 0.0981. The summed E-state index contributed by atoms with van der Waals surface area (Å²) in [6.07, 6.45) is 0.173. The lowest BCUT2D eigenvalue weighted by Gasteiger charge is -2.08. The molecule has 1 aromatic rings. The first kappa shape index (κ1) is 12.1. The summed E-state index contributed by atoms with van der Waals surface area (Å²) in [5.74, 6) is -0.821. The highest BCUT2D eigenvalue weighted by atomic mass is 79.9. The summed E-state index contributed by atoms with van der Waals surface area (Å²) in [6.45, 7) is 0.232. The quantitative estimate of drug-likeness (QED) is 0.857. The van der Waals surface area contributed by atoms with Gasteiger partial charge in [0.15, 0.2) is 17.3 Å². The van der Waals surface area contributed by atoms with Gasteiger partial charge in [0.25, 0.3) is 0 Å². The Bertz CT molecular complexity index is 382. The molecule has 0 radical (unpaired) electrons. The van der Waals surface area contributed by atoms with E-state index >= 15 is 0 Å². The number of carbonyl (C=O) groups excluding carboxylic acids is 1. The minimum absolute atomic E-state index is 0.0309. The molecule has 0 heterocycles. The normalized spacial score (nSPS) is 10.1. The molecular formula is C10H11BrFNO2. The van der Waals surface area contributed by atoms with Crippen molar-refractivity contribution in [2.24, 2.45) is 5.73 Å². The molecule has 0 saturated heterocycles. The number of ketones is 1. The molecule has 1 rings (SSSR count). The zero-order valence-corrected chi connectivity index (χ0v) is 9.80. The average Bonchev–Trinajstić information content (AvgIpc) is 2.17. The van der Waals surface area contributed by atoms with Crippen molar-refractivity contribution in [1.82, 2.24) is 0 Å². The van der Waals surface area contributed by atoms with Crippen LogP contribution in [0.4, 0.5) is 4.39 Å². The van der Waals surface area contributed by atoms with Gasteiger partial charge < -0.3 is 10.5 Å². The molecule has 0 aliphatic heterocycles. The average molecular weight is 276 g/mol. The summed E-state index contributed by atoms with van der Waals surface area (Å²) in [5, 5.41) is 0. The predicted octanol–water partition coefficient (Wildman–Crippen LogP) is 2.13. The third-order valence-electron chi connectivity index (χ3n) is 1.88. The van der Waals surface area contributed by atoms with E-state index in [4.69, 9.17) is 10.5 Å². The second-order valence-corrected chi connectivity index (χ2v) is 3.85. The van der Waals surface area contributed by atoms with Crippen LogP contribution in [0, 0.1) is 5.82 Å². The van der Waals surface area contributed by atoms with Crippen molar-refractivity contribution in [2.75, 3.05) is 13.7 Å². The first-order valence-corrected chi connectivity index (χ1v) is 5.15. The van der Waals surface area contributed by atoms with E-state index in [9.17, 15) is 9.18 Å². The van der Waals surface area contributed by atoms with Crippen molar-refractivity contribution in [3.8, 4) is 5.75 Å². The molecule has 3 nitrogen and oxygen atoms in total. The SMILES string of the molecule is COc1c(F)cc(Br)cc1C(=O)CCN. The third-order valence-corrected chi connectivity index (χ3v) is 2.34. The molecule has 1 aromatic carbocycles. The lowest BCUT2D eigenvalue weighted by atomic mass is 10.1. The minimum Gasteiger partial charge on any atom is -0.493 e. The van der Waals surface area contributed by atoms with E-state index < -0.39 is 5.82 Å². The summed E-state index contributed by atoms with van der Waals surface area (Å²) < 4.78 is 18.7. The summed E-state index contributed by atoms with van der Waals surface area (Å²) in [6, 6.07) is 2.78. The van der Waals surface area contributed by atoms with E-state index in [1.165, 1.54) is 19.2 Å². The fourth-order valence-corrected chi connectivity index (χ4v) is 1.67. The molecule has 15 heavy (non-hydrogen) atoms. The van der Waals surface area contributed by atoms with Crippen molar-refractivity contribution >= 4 is 21.7 Å². The van der Waals surface area contributed by atoms with Gasteiger partial charge in [-0.2, -0.15) is 0 Å². The number of Topliss-reactive ketones (excluding diaryl/α,β-unsaturated/α-hetero) is 1. The highest BCUT2D eigenvalue weighted by molar-refractivity contribution is 9.10. The van der Waals surface area contributed by atoms with Gasteiger partial charge >= 0.3 is 0 Å². The number of halogens is 2. The van der Waals surface area contributed by atoms with Crippen LogP contribution in [0.25, 0.3) is 0 Å². The first-order chi connectivity index (χ1) is 7.10. The molecule has 0 bridgehead atoms. The molecule has 82 valence electrons. The maximum Gasteiger partial charge on any atom is 0.168 e. The van der Waals surface area contributed by atoms with Crippen molar-refractivity contribution in [3.05, 3.63) is 28.0 Å². The van der Waals surface area contributed by atoms with Gasteiger partial charge in [0.2, 0.25) is 0 Å². The number of hydrogen-bond donors (Lipinski definition) is 1. The molecule has 0 unspecified atom stereocenters. The molecular weight excluding hydrogens is 265 g/mol. The lowest BCUT2D eigenvalue weighted by Crippen LogP contribution is -2.10. The van der Waals surface area contributed by atoms with Gasteiger partial charge in [0.1, 0.15) is 0 Å². The summed E-state index contributed by atoms with van der Waals surface area (Å²) in [7, 11) is 1.32. The van der Waals surface area contributed by atoms with Gasteiger partial charge in [-0.25, -0.2) is 4.39 Å². The molecule has 0 aromatic heterocycles. The highest BCUT2D eigenvalue weighted by Gasteiger charge is 2.16. The van der Waals surface area contributed by atoms with Gasteiger partial charge in [0.05, 0.1) is 12.7 Å². The topological polar surface area (TPSA) is 52.3 Å². The minimum atomic E-state index is -0.563. The van der Waals surface area contributed by atoms with Crippen LogP contribution < -0.4 is 10.5 Å². The van der Waals surface area contributed by atoms with Gasteiger partial charge in [-0.1, -0.05) is 15.9 Å². The van der Waals surface area contributed by atoms with Crippen LogP contribution in [0.15, 0.2) is 16.6 Å². The van der Waals surface area contributed by atoms with Crippen LogP contribution in [0.5, 0.6) is 5.75 Å². The fourth-order valence-electron chi connectivity index (χ4n) is 1.24. The third kappa shape index (κ3) is 2.76. The molecule has 0 atom stereocenters. The van der Waals surface area contributed by atoms with Crippen LogP contribution >= 0.6 is 15.9 Å². The van der Waals surface area contributed by atoms with Crippen LogP contribution in [-0.2, 0) is 0 Å². The zero-order valence-electron chi connectivity index (χ0n) is 8.22. The molecule has 5 heteroatoms. The fraction of sp³-hybridized carbons (Fsp3) is 0.300. The molecule has 0 spiro atoms. The van der Waals surface area contributed by atoms with E-state index in [1.54, 1.807) is 0 Å². The highest BCUT2D eigenvalue weighted by Crippen LogP contribution is 2.27. The first-order valence-electron chi connectivity index (χ1n) is 4.36. The van der Waals surface area contributed by atoms with Crippen LogP contribution in [-0.4, -0.2) is 19.4 Å². The summed E-state index contributed by atoms with van der Waals surface area (Å²) >= 11 is 3.12. The number of rotatable bonds is 4. The largest absolute Gasteiger partial charge is 0.493 e.